The van der Waals surface area contributed by atoms with E-state index in [0.29, 0.717) is 21.3 Å². The smallest absolute Gasteiger partial charge is 0.189 e. The summed E-state index contributed by atoms with van der Waals surface area (Å²) in [6, 6.07) is 6.12. The first-order valence-electron chi connectivity index (χ1n) is 6.95. The molecule has 0 saturated heterocycles. The van der Waals surface area contributed by atoms with E-state index in [1.165, 1.54) is 25.7 Å². The molecule has 114 valence electrons. The van der Waals surface area contributed by atoms with Crippen molar-refractivity contribution in [1.29, 1.82) is 0 Å². The second-order valence-corrected chi connectivity index (χ2v) is 6.30. The van der Waals surface area contributed by atoms with Gasteiger partial charge in [-0.25, -0.2) is 0 Å². The van der Waals surface area contributed by atoms with Gasteiger partial charge in [-0.15, -0.1) is 0 Å². The second kappa shape index (κ2) is 7.77. The fourth-order valence-electron chi connectivity index (χ4n) is 2.30. The predicted octanol–water partition coefficient (Wildman–Crippen LogP) is 3.26. The molecule has 0 bridgehead atoms. The summed E-state index contributed by atoms with van der Waals surface area (Å²) in [5.41, 5.74) is 7.60. The van der Waals surface area contributed by atoms with E-state index in [9.17, 15) is 0 Å². The molecule has 1 saturated carbocycles. The molecule has 1 fully saturated rings. The number of hydrogen-bond acceptors (Lipinski definition) is 2. The van der Waals surface area contributed by atoms with Crippen molar-refractivity contribution in [1.82, 2.24) is 16.2 Å². The van der Waals surface area contributed by atoms with Crippen LogP contribution in [-0.2, 0) is 0 Å². The number of rotatable bonds is 2. The van der Waals surface area contributed by atoms with Crippen molar-refractivity contribution in [2.24, 2.45) is 0 Å². The minimum atomic E-state index is 0.441. The summed E-state index contributed by atoms with van der Waals surface area (Å²) in [5, 5.41) is 8.06. The lowest BCUT2D eigenvalue weighted by Crippen LogP contribution is -2.50. The normalized spacial score (nSPS) is 14.6. The van der Waals surface area contributed by atoms with E-state index in [2.05, 4.69) is 21.5 Å². The lowest BCUT2D eigenvalue weighted by molar-refractivity contribution is 0.618. The highest BCUT2D eigenvalue weighted by Gasteiger charge is 2.15. The predicted molar refractivity (Wildman–Crippen MR) is 96.7 cm³/mol. The van der Waals surface area contributed by atoms with Gasteiger partial charge in [0.25, 0.3) is 0 Å². The van der Waals surface area contributed by atoms with Crippen LogP contribution in [0.15, 0.2) is 18.2 Å². The van der Waals surface area contributed by atoms with Gasteiger partial charge in [0, 0.05) is 16.8 Å². The van der Waals surface area contributed by atoms with E-state index in [-0.39, 0.29) is 0 Å². The molecule has 0 spiro atoms. The Labute approximate surface area is 141 Å². The summed E-state index contributed by atoms with van der Waals surface area (Å²) < 4.78 is 0. The summed E-state index contributed by atoms with van der Waals surface area (Å²) in [7, 11) is 0. The van der Waals surface area contributed by atoms with Gasteiger partial charge in [0.1, 0.15) is 0 Å². The van der Waals surface area contributed by atoms with Crippen molar-refractivity contribution in [2.45, 2.75) is 38.6 Å². The zero-order valence-electron chi connectivity index (χ0n) is 11.8. The lowest BCUT2D eigenvalue weighted by atomic mass is 10.2. The monoisotopic (exact) mass is 342 g/mol. The lowest BCUT2D eigenvalue weighted by Gasteiger charge is -2.18. The number of hydrazine groups is 1. The minimum Gasteiger partial charge on any atom is -0.359 e. The number of thiocarbonyl (C=S) groups is 2. The summed E-state index contributed by atoms with van der Waals surface area (Å²) >= 11 is 16.5. The molecule has 1 aliphatic rings. The standard InChI is InChI=1S/C14H19ClN4S2/c1-9-11(15)7-4-8-12(9)17-14(21)19-18-13(20)16-10-5-2-3-6-10/h4,7-8,10H,2-3,5-6H2,1H3,(H2,16,18,20)(H2,17,19,21). The van der Waals surface area contributed by atoms with Crippen LogP contribution in [0.4, 0.5) is 5.69 Å². The molecule has 0 aliphatic heterocycles. The Kier molecular flexibility index (Phi) is 6.02. The van der Waals surface area contributed by atoms with Gasteiger partial charge in [0.2, 0.25) is 0 Å². The third-order valence-electron chi connectivity index (χ3n) is 3.50. The largest absolute Gasteiger partial charge is 0.359 e. The molecule has 1 aromatic rings. The fourth-order valence-corrected chi connectivity index (χ4v) is 2.85. The highest BCUT2D eigenvalue weighted by atomic mass is 35.5. The van der Waals surface area contributed by atoms with Crippen molar-refractivity contribution < 1.29 is 0 Å². The maximum Gasteiger partial charge on any atom is 0.189 e. The Morgan fingerprint density at radius 1 is 1.14 bits per heavy atom. The summed E-state index contributed by atoms with van der Waals surface area (Å²) in [5.74, 6) is 0. The number of anilines is 1. The van der Waals surface area contributed by atoms with Crippen molar-refractivity contribution in [3.8, 4) is 0 Å². The zero-order chi connectivity index (χ0) is 15.2. The third kappa shape index (κ3) is 4.98. The van der Waals surface area contributed by atoms with Crippen molar-refractivity contribution >= 4 is 51.9 Å². The van der Waals surface area contributed by atoms with Crippen LogP contribution in [0, 0.1) is 6.92 Å². The average Bonchev–Trinajstić information content (AvgIpc) is 2.94. The molecule has 1 aromatic carbocycles. The van der Waals surface area contributed by atoms with E-state index in [1.54, 1.807) is 0 Å². The fraction of sp³-hybridized carbons (Fsp3) is 0.429. The van der Waals surface area contributed by atoms with E-state index in [4.69, 9.17) is 36.0 Å². The summed E-state index contributed by atoms with van der Waals surface area (Å²) in [4.78, 5) is 0. The Balaban J connectivity index is 1.76. The Morgan fingerprint density at radius 2 is 1.81 bits per heavy atom. The SMILES string of the molecule is Cc1c(Cl)cccc1NC(=S)NNC(=S)NC1CCCC1. The quantitative estimate of drug-likeness (QED) is 0.489. The number of hydrogen-bond donors (Lipinski definition) is 4. The molecule has 0 radical (unpaired) electrons. The van der Waals surface area contributed by atoms with Gasteiger partial charge in [-0.05, 0) is 61.9 Å². The average molecular weight is 343 g/mol. The zero-order valence-corrected chi connectivity index (χ0v) is 14.2. The van der Waals surface area contributed by atoms with Gasteiger partial charge in [-0.3, -0.25) is 10.9 Å². The van der Waals surface area contributed by atoms with Crippen molar-refractivity contribution in [3.05, 3.63) is 28.8 Å². The third-order valence-corrected chi connectivity index (χ3v) is 4.33. The van der Waals surface area contributed by atoms with Crippen molar-refractivity contribution in [3.63, 3.8) is 0 Å². The maximum atomic E-state index is 6.07. The van der Waals surface area contributed by atoms with Gasteiger partial charge < -0.3 is 10.6 Å². The number of benzene rings is 1. The maximum absolute atomic E-state index is 6.07. The van der Waals surface area contributed by atoms with Crippen LogP contribution in [0.5, 0.6) is 0 Å². The van der Waals surface area contributed by atoms with E-state index < -0.39 is 0 Å². The summed E-state index contributed by atoms with van der Waals surface area (Å²) in [6.07, 6.45) is 4.88. The van der Waals surface area contributed by atoms with E-state index in [1.807, 2.05) is 25.1 Å². The van der Waals surface area contributed by atoms with Crippen LogP contribution in [0.2, 0.25) is 5.02 Å². The molecule has 0 atom stereocenters. The molecule has 0 unspecified atom stereocenters. The van der Waals surface area contributed by atoms with Crippen LogP contribution < -0.4 is 21.5 Å². The first-order chi connectivity index (χ1) is 10.1. The van der Waals surface area contributed by atoms with Crippen LogP contribution in [-0.4, -0.2) is 16.3 Å². The highest BCUT2D eigenvalue weighted by molar-refractivity contribution is 7.80. The molecular formula is C14H19ClN4S2. The Bertz CT molecular complexity index is 530. The molecule has 2 rings (SSSR count). The van der Waals surface area contributed by atoms with Gasteiger partial charge in [0.15, 0.2) is 10.2 Å². The second-order valence-electron chi connectivity index (χ2n) is 5.07. The van der Waals surface area contributed by atoms with Gasteiger partial charge in [-0.1, -0.05) is 30.5 Å². The van der Waals surface area contributed by atoms with Crippen LogP contribution in [0.25, 0.3) is 0 Å². The molecule has 21 heavy (non-hydrogen) atoms. The Morgan fingerprint density at radius 3 is 2.52 bits per heavy atom. The van der Waals surface area contributed by atoms with E-state index >= 15 is 0 Å². The van der Waals surface area contributed by atoms with Crippen LogP contribution in [0.1, 0.15) is 31.2 Å². The van der Waals surface area contributed by atoms with Gasteiger partial charge in [-0.2, -0.15) is 0 Å². The Hall–Kier alpha value is -1.11. The number of nitrogens with one attached hydrogen (secondary N) is 4. The highest BCUT2D eigenvalue weighted by Crippen LogP contribution is 2.22. The molecule has 4 nitrogen and oxygen atoms in total. The van der Waals surface area contributed by atoms with E-state index in [0.717, 1.165) is 11.3 Å². The van der Waals surface area contributed by atoms with Crippen molar-refractivity contribution in [2.75, 3.05) is 5.32 Å². The van der Waals surface area contributed by atoms with Gasteiger partial charge in [0.05, 0.1) is 0 Å². The molecule has 0 heterocycles. The molecule has 1 aliphatic carbocycles. The molecule has 7 heteroatoms. The van der Waals surface area contributed by atoms with Crippen LogP contribution in [0.3, 0.4) is 0 Å². The number of halogens is 1. The topological polar surface area (TPSA) is 48.1 Å². The van der Waals surface area contributed by atoms with Gasteiger partial charge >= 0.3 is 0 Å². The first kappa shape index (κ1) is 16.3. The minimum absolute atomic E-state index is 0.441. The summed E-state index contributed by atoms with van der Waals surface area (Å²) in [6.45, 7) is 1.94. The first-order valence-corrected chi connectivity index (χ1v) is 8.14. The van der Waals surface area contributed by atoms with Crippen LogP contribution >= 0.6 is 36.0 Å². The molecule has 4 N–H and O–H groups in total. The molecule has 0 amide bonds. The molecule has 0 aromatic heterocycles. The molecular weight excluding hydrogens is 324 g/mol.